The number of fused-ring (bicyclic) bond motifs is 2. The average Bonchev–Trinajstić information content (AvgIpc) is 4.10. The van der Waals surface area contributed by atoms with Gasteiger partial charge in [0.1, 0.15) is 22.7 Å². The summed E-state index contributed by atoms with van der Waals surface area (Å²) >= 11 is 0. The molecule has 6 aromatic rings. The van der Waals surface area contributed by atoms with E-state index in [1.807, 2.05) is 37.8 Å². The van der Waals surface area contributed by atoms with Crippen LogP contribution in [0.4, 0.5) is 8.78 Å². The number of pyridine rings is 2. The van der Waals surface area contributed by atoms with E-state index in [1.165, 1.54) is 28.6 Å². The average molecular weight is 974 g/mol. The van der Waals surface area contributed by atoms with Gasteiger partial charge in [-0.15, -0.1) is 0 Å². The lowest BCUT2D eigenvalue weighted by atomic mass is 9.96. The Morgan fingerprint density at radius 1 is 0.676 bits per heavy atom. The van der Waals surface area contributed by atoms with Crippen LogP contribution in [0.25, 0.3) is 44.7 Å². The van der Waals surface area contributed by atoms with Crippen molar-refractivity contribution in [3.8, 4) is 22.5 Å². The summed E-state index contributed by atoms with van der Waals surface area (Å²) in [6, 6.07) is 20.1. The quantitative estimate of drug-likeness (QED) is 0.184. The van der Waals surface area contributed by atoms with Crippen molar-refractivity contribution in [2.45, 2.75) is 110 Å². The maximum atomic E-state index is 13.6. The number of piperazine rings is 2. The first kappa shape index (κ1) is 50.7. The van der Waals surface area contributed by atoms with Crippen LogP contribution in [-0.2, 0) is 20.9 Å². The molecular formula is C52H63ClF2N6O6S. The molecule has 2 N–H and O–H groups in total. The summed E-state index contributed by atoms with van der Waals surface area (Å²) < 4.78 is 65.9. The van der Waals surface area contributed by atoms with Crippen LogP contribution < -0.4 is 17.7 Å². The van der Waals surface area contributed by atoms with Gasteiger partial charge in [-0.1, -0.05) is 28.2 Å². The second-order valence-corrected chi connectivity index (χ2v) is 22.5. The predicted octanol–water partition coefficient (Wildman–Crippen LogP) is 6.08. The lowest BCUT2D eigenvalue weighted by Gasteiger charge is -2.46. The van der Waals surface area contributed by atoms with Gasteiger partial charge < -0.3 is 36.4 Å². The lowest BCUT2D eigenvalue weighted by Crippen LogP contribution is -3.00. The van der Waals surface area contributed by atoms with Crippen molar-refractivity contribution in [1.82, 2.24) is 24.1 Å². The number of quaternary nitrogens is 1. The van der Waals surface area contributed by atoms with Gasteiger partial charge in [-0.2, -0.15) is 4.31 Å². The van der Waals surface area contributed by atoms with E-state index in [-0.39, 0.29) is 90.8 Å². The molecule has 2 amide bonds. The van der Waals surface area contributed by atoms with E-state index >= 15 is 0 Å². The van der Waals surface area contributed by atoms with E-state index in [2.05, 4.69) is 33.0 Å². The Kier molecular flexibility index (Phi) is 13.9. The molecule has 364 valence electrons. The Labute approximate surface area is 404 Å². The van der Waals surface area contributed by atoms with Gasteiger partial charge in [-0.3, -0.25) is 9.59 Å². The van der Waals surface area contributed by atoms with E-state index in [4.69, 9.17) is 18.8 Å². The minimum Gasteiger partial charge on any atom is -1.00 e. The number of halogens is 3. The van der Waals surface area contributed by atoms with E-state index in [0.717, 1.165) is 66.7 Å². The molecule has 0 atom stereocenters. The number of rotatable bonds is 9. The highest BCUT2D eigenvalue weighted by molar-refractivity contribution is 7.89. The van der Waals surface area contributed by atoms with Crippen LogP contribution in [0.1, 0.15) is 120 Å². The van der Waals surface area contributed by atoms with Crippen molar-refractivity contribution >= 4 is 44.0 Å². The van der Waals surface area contributed by atoms with E-state index < -0.39 is 15.6 Å². The van der Waals surface area contributed by atoms with Gasteiger partial charge >= 0.3 is 0 Å². The van der Waals surface area contributed by atoms with Crippen molar-refractivity contribution in [3.63, 3.8) is 0 Å². The van der Waals surface area contributed by atoms with Gasteiger partial charge in [-0.05, 0) is 131 Å². The highest BCUT2D eigenvalue weighted by Gasteiger charge is 2.45. The Hall–Kier alpha value is -5.22. The van der Waals surface area contributed by atoms with Gasteiger partial charge in [0, 0.05) is 54.0 Å². The number of nitrogens with zero attached hydrogens (tertiary/aromatic N) is 5. The van der Waals surface area contributed by atoms with Gasteiger partial charge in [0.25, 0.3) is 11.8 Å². The number of amides is 2. The molecule has 68 heavy (non-hydrogen) atoms. The molecule has 2 saturated carbocycles. The molecule has 12 nitrogen and oxygen atoms in total. The second kappa shape index (κ2) is 18.6. The summed E-state index contributed by atoms with van der Waals surface area (Å²) in [5.74, 6) is -0.305. The summed E-state index contributed by atoms with van der Waals surface area (Å²) in [6.45, 7) is 17.4. The minimum atomic E-state index is -3.35. The zero-order valence-electron chi connectivity index (χ0n) is 39.2. The third-order valence-electron chi connectivity index (χ3n) is 14.1. The van der Waals surface area contributed by atoms with Crippen LogP contribution in [0.2, 0.25) is 0 Å². The summed E-state index contributed by atoms with van der Waals surface area (Å²) in [5.41, 5.74) is 6.84. The third-order valence-corrected chi connectivity index (χ3v) is 16.1. The Bertz CT molecular complexity index is 2960. The largest absolute Gasteiger partial charge is 1.00 e. The number of aromatic nitrogens is 2. The fourth-order valence-electron chi connectivity index (χ4n) is 9.44. The van der Waals surface area contributed by atoms with Crippen LogP contribution in [-0.4, -0.2) is 100 Å². The molecule has 0 bridgehead atoms. The zero-order valence-corrected chi connectivity index (χ0v) is 40.8. The van der Waals surface area contributed by atoms with Crippen molar-refractivity contribution in [1.29, 1.82) is 0 Å². The summed E-state index contributed by atoms with van der Waals surface area (Å²) in [6.07, 6.45) is 4.73. The smallest absolute Gasteiger partial charge is 0.290 e. The SMILES string of the molecule is C.CC1(c2cc(-c3ccc(F)cc3)nc3cc(C(=O)N4CC[NH2+]CC4(C)C)oc23)CC1.CCCS(=O)(=O)N1CCN(C(=O)c2cc3nc(-c4ccc(F)cc4)cc(C4(C)CC4)c3o2)C(C)(C)C1.[Cl-]. The molecule has 0 spiro atoms. The maximum Gasteiger partial charge on any atom is 0.290 e. The first-order valence-corrected chi connectivity index (χ1v) is 24.7. The second-order valence-electron chi connectivity index (χ2n) is 20.4. The molecule has 4 aromatic heterocycles. The lowest BCUT2D eigenvalue weighted by molar-refractivity contribution is -0.673. The third kappa shape index (κ3) is 9.81. The molecular weight excluding hydrogens is 910 g/mol. The maximum absolute atomic E-state index is 13.6. The standard InChI is InChI=1S/C27H32FN3O4S.C24H26FN3O2.CH4.ClH/c1-5-14-36(33,34)30-12-13-31(26(2,3)17-30)25(32)23-16-22-24(35-23)20(27(4)10-11-27)15-21(29-22)18-6-8-19(28)9-7-18;1-23(2)14-26-10-11-28(23)22(29)20-13-19-21(30-20)17(24(3)8-9-24)12-18(27-19)15-4-6-16(25)7-5-15;;/h6-9,15-16H,5,10-14,17H2,1-4H3;4-7,12-13,26H,8-11,14H2,1-3H3;1H4;1H. The van der Waals surface area contributed by atoms with Crippen molar-refractivity contribution in [2.24, 2.45) is 0 Å². The Balaban J connectivity index is 0.000000198. The van der Waals surface area contributed by atoms with Crippen molar-refractivity contribution in [2.75, 3.05) is 45.0 Å². The summed E-state index contributed by atoms with van der Waals surface area (Å²) in [7, 11) is -3.35. The number of nitrogens with two attached hydrogens (primary N) is 1. The number of benzene rings is 2. The van der Waals surface area contributed by atoms with Gasteiger partial charge in [0.05, 0.1) is 47.9 Å². The van der Waals surface area contributed by atoms with Crippen LogP contribution >= 0.6 is 0 Å². The Morgan fingerprint density at radius 3 is 1.51 bits per heavy atom. The van der Waals surface area contributed by atoms with Gasteiger partial charge in [0.15, 0.2) is 22.7 Å². The van der Waals surface area contributed by atoms with E-state index in [1.54, 1.807) is 41.3 Å². The fourth-order valence-corrected chi connectivity index (χ4v) is 11.1. The van der Waals surface area contributed by atoms with Gasteiger partial charge in [-0.25, -0.2) is 27.2 Å². The molecule has 4 fully saturated rings. The van der Waals surface area contributed by atoms with Gasteiger partial charge in [0.2, 0.25) is 10.0 Å². The monoisotopic (exact) mass is 972 g/mol. The topological polar surface area (TPSA) is 147 Å². The molecule has 10 rings (SSSR count). The number of hydrogen-bond donors (Lipinski definition) is 1. The fraction of sp³-hybridized carbons (Fsp3) is 0.462. The number of hydrogen-bond acceptors (Lipinski definition) is 8. The minimum absolute atomic E-state index is 0. The molecule has 0 unspecified atom stereocenters. The number of carbonyl (C=O) groups excluding carboxylic acids is 2. The highest BCUT2D eigenvalue weighted by Crippen LogP contribution is 2.52. The first-order chi connectivity index (χ1) is 31.2. The summed E-state index contributed by atoms with van der Waals surface area (Å²) in [5, 5.41) is 2.24. The molecule has 16 heteroatoms. The van der Waals surface area contributed by atoms with Crippen LogP contribution in [0.5, 0.6) is 0 Å². The highest BCUT2D eigenvalue weighted by atomic mass is 35.5. The van der Waals surface area contributed by atoms with Crippen molar-refractivity contribution < 1.29 is 53.3 Å². The number of carbonyl (C=O) groups is 2. The Morgan fingerprint density at radius 2 is 1.12 bits per heavy atom. The van der Waals surface area contributed by atoms with Crippen LogP contribution in [0.3, 0.4) is 0 Å². The zero-order chi connectivity index (χ0) is 47.0. The van der Waals surface area contributed by atoms with E-state index in [9.17, 15) is 26.8 Å². The number of sulfonamides is 1. The molecule has 2 aliphatic carbocycles. The molecule has 2 aromatic carbocycles. The van der Waals surface area contributed by atoms with E-state index in [0.29, 0.717) is 46.6 Å². The predicted molar refractivity (Wildman–Crippen MR) is 256 cm³/mol. The summed E-state index contributed by atoms with van der Waals surface area (Å²) in [4.78, 5) is 40.1. The first-order valence-electron chi connectivity index (χ1n) is 23.1. The van der Waals surface area contributed by atoms with Crippen LogP contribution in [0.15, 0.2) is 81.6 Å². The molecule has 0 radical (unpaired) electrons. The molecule has 6 heterocycles. The van der Waals surface area contributed by atoms with Crippen LogP contribution in [0, 0.1) is 11.6 Å². The van der Waals surface area contributed by atoms with Crippen molar-refractivity contribution in [3.05, 3.63) is 107 Å². The number of furan rings is 2. The molecule has 2 aliphatic heterocycles. The molecule has 4 aliphatic rings. The normalized spacial score (nSPS) is 19.1. The molecule has 2 saturated heterocycles.